The van der Waals surface area contributed by atoms with Crippen molar-refractivity contribution in [3.8, 4) is 0 Å². The maximum atomic E-state index is 11.4. The molecular weight excluding hydrogens is 266 g/mol. The third-order valence-corrected chi connectivity index (χ3v) is 2.66. The van der Waals surface area contributed by atoms with E-state index < -0.39 is 25.4 Å². The van der Waals surface area contributed by atoms with Crippen LogP contribution in [0.1, 0.15) is 19.3 Å². The molecule has 0 saturated heterocycles. The number of hydrogen-bond acceptors (Lipinski definition) is 4. The van der Waals surface area contributed by atoms with Gasteiger partial charge in [-0.05, 0) is 12.8 Å². The fraction of sp³-hybridized carbons (Fsp3) is 0.889. The zero-order valence-electron chi connectivity index (χ0n) is 8.58. The molecule has 0 spiro atoms. The monoisotopic (exact) mass is 283 g/mol. The van der Waals surface area contributed by atoms with Gasteiger partial charge in [0, 0.05) is 11.8 Å². The first-order chi connectivity index (χ1) is 7.14. The summed E-state index contributed by atoms with van der Waals surface area (Å²) in [6.45, 7) is -1.45. The lowest BCUT2D eigenvalue weighted by Gasteiger charge is -2.28. The summed E-state index contributed by atoms with van der Waals surface area (Å²) in [5.74, 6) is -0.270. The molecule has 1 amide bonds. The van der Waals surface area contributed by atoms with E-state index in [0.29, 0.717) is 6.42 Å². The smallest absolute Gasteiger partial charge is 0.220 e. The highest BCUT2D eigenvalue weighted by molar-refractivity contribution is 9.09. The van der Waals surface area contributed by atoms with Gasteiger partial charge in [0.05, 0.1) is 19.8 Å². The van der Waals surface area contributed by atoms with E-state index in [1.807, 2.05) is 0 Å². The Bertz CT molecular complexity index is 177. The molecule has 5 nitrogen and oxygen atoms in total. The molecule has 0 heterocycles. The zero-order chi connectivity index (χ0) is 11.7. The van der Waals surface area contributed by atoms with Crippen molar-refractivity contribution >= 4 is 21.8 Å². The molecular formula is C9H18BrNO4. The molecule has 0 saturated carbocycles. The summed E-state index contributed by atoms with van der Waals surface area (Å²) in [6.07, 6.45) is 1.95. The Balaban J connectivity index is 4.00. The summed E-state index contributed by atoms with van der Waals surface area (Å²) >= 11 is 3.25. The van der Waals surface area contributed by atoms with Gasteiger partial charge in [-0.3, -0.25) is 4.79 Å². The van der Waals surface area contributed by atoms with Gasteiger partial charge >= 0.3 is 0 Å². The standard InChI is InChI=1S/C9H18BrNO4/c10-4-2-1-3-8(15)11-9(5-12,6-13)7-14/h12-14H,1-7H2,(H,11,15). The Labute approximate surface area is 97.6 Å². The summed E-state index contributed by atoms with van der Waals surface area (Å²) in [6, 6.07) is 0. The van der Waals surface area contributed by atoms with Crippen molar-refractivity contribution in [1.82, 2.24) is 5.32 Å². The van der Waals surface area contributed by atoms with E-state index in [0.717, 1.165) is 18.2 Å². The van der Waals surface area contributed by atoms with Crippen LogP contribution in [0.4, 0.5) is 0 Å². The van der Waals surface area contributed by atoms with Crippen LogP contribution in [0.15, 0.2) is 0 Å². The van der Waals surface area contributed by atoms with Gasteiger partial charge < -0.3 is 20.6 Å². The van der Waals surface area contributed by atoms with Crippen molar-refractivity contribution in [3.63, 3.8) is 0 Å². The van der Waals surface area contributed by atoms with E-state index in [1.54, 1.807) is 0 Å². The van der Waals surface area contributed by atoms with Gasteiger partial charge in [-0.1, -0.05) is 15.9 Å². The Morgan fingerprint density at radius 2 is 1.67 bits per heavy atom. The van der Waals surface area contributed by atoms with Crippen LogP contribution in [-0.4, -0.2) is 51.9 Å². The minimum Gasteiger partial charge on any atom is -0.394 e. The molecule has 0 aliphatic heterocycles. The molecule has 90 valence electrons. The second kappa shape index (κ2) is 8.04. The third kappa shape index (κ3) is 5.46. The quantitative estimate of drug-likeness (QED) is 0.353. The second-order valence-electron chi connectivity index (χ2n) is 3.45. The van der Waals surface area contributed by atoms with Crippen LogP contribution in [0.5, 0.6) is 0 Å². The number of halogens is 1. The number of aliphatic hydroxyl groups excluding tert-OH is 3. The number of rotatable bonds is 8. The van der Waals surface area contributed by atoms with Crippen LogP contribution < -0.4 is 5.32 Å². The van der Waals surface area contributed by atoms with Gasteiger partial charge in [0.15, 0.2) is 0 Å². The van der Waals surface area contributed by atoms with Gasteiger partial charge in [-0.15, -0.1) is 0 Å². The minimum absolute atomic E-state index is 0.270. The van der Waals surface area contributed by atoms with Crippen molar-refractivity contribution in [2.75, 3.05) is 25.2 Å². The molecule has 0 atom stereocenters. The van der Waals surface area contributed by atoms with Crippen molar-refractivity contribution < 1.29 is 20.1 Å². The molecule has 0 unspecified atom stereocenters. The van der Waals surface area contributed by atoms with Crippen LogP contribution in [-0.2, 0) is 4.79 Å². The molecule has 0 aliphatic rings. The molecule has 4 N–H and O–H groups in total. The van der Waals surface area contributed by atoms with Gasteiger partial charge in [0.1, 0.15) is 5.54 Å². The Morgan fingerprint density at radius 1 is 1.13 bits per heavy atom. The first kappa shape index (κ1) is 14.8. The highest BCUT2D eigenvalue weighted by atomic mass is 79.9. The fourth-order valence-electron chi connectivity index (χ4n) is 1.01. The molecule has 0 aliphatic carbocycles. The lowest BCUT2D eigenvalue weighted by molar-refractivity contribution is -0.125. The lowest BCUT2D eigenvalue weighted by atomic mass is 10.0. The minimum atomic E-state index is -1.30. The van der Waals surface area contributed by atoms with Crippen molar-refractivity contribution in [1.29, 1.82) is 0 Å². The largest absolute Gasteiger partial charge is 0.394 e. The molecule has 0 rings (SSSR count). The molecule has 0 aromatic heterocycles. The number of alkyl halides is 1. The Kier molecular flexibility index (Phi) is 7.95. The first-order valence-electron chi connectivity index (χ1n) is 4.83. The van der Waals surface area contributed by atoms with E-state index in [1.165, 1.54) is 0 Å². The molecule has 0 aromatic rings. The molecule has 15 heavy (non-hydrogen) atoms. The molecule has 0 radical (unpaired) electrons. The summed E-state index contributed by atoms with van der Waals surface area (Å²) in [7, 11) is 0. The van der Waals surface area contributed by atoms with Gasteiger partial charge in [0.2, 0.25) is 5.91 Å². The number of nitrogens with one attached hydrogen (secondary N) is 1. The van der Waals surface area contributed by atoms with Crippen LogP contribution in [0, 0.1) is 0 Å². The highest BCUT2D eigenvalue weighted by Gasteiger charge is 2.29. The van der Waals surface area contributed by atoms with Crippen LogP contribution in [0.3, 0.4) is 0 Å². The third-order valence-electron chi connectivity index (χ3n) is 2.10. The van der Waals surface area contributed by atoms with E-state index in [2.05, 4.69) is 21.2 Å². The summed E-state index contributed by atoms with van der Waals surface area (Å²) in [5.41, 5.74) is -1.30. The van der Waals surface area contributed by atoms with Crippen LogP contribution in [0.25, 0.3) is 0 Å². The average molecular weight is 284 g/mol. The number of amides is 1. The van der Waals surface area contributed by atoms with Gasteiger partial charge in [-0.25, -0.2) is 0 Å². The van der Waals surface area contributed by atoms with Gasteiger partial charge in [0.25, 0.3) is 0 Å². The van der Waals surface area contributed by atoms with Gasteiger partial charge in [-0.2, -0.15) is 0 Å². The maximum Gasteiger partial charge on any atom is 0.220 e. The number of aliphatic hydroxyl groups is 3. The second-order valence-corrected chi connectivity index (χ2v) is 4.24. The first-order valence-corrected chi connectivity index (χ1v) is 5.96. The number of carbonyl (C=O) groups is 1. The summed E-state index contributed by atoms with van der Waals surface area (Å²) in [4.78, 5) is 11.4. The van der Waals surface area contributed by atoms with Crippen LogP contribution >= 0.6 is 15.9 Å². The average Bonchev–Trinajstić information content (AvgIpc) is 2.26. The lowest BCUT2D eigenvalue weighted by Crippen LogP contribution is -2.57. The fourth-order valence-corrected chi connectivity index (χ4v) is 1.40. The topological polar surface area (TPSA) is 89.8 Å². The number of carbonyl (C=O) groups excluding carboxylic acids is 1. The van der Waals surface area contributed by atoms with Crippen LogP contribution in [0.2, 0.25) is 0 Å². The predicted molar refractivity (Wildman–Crippen MR) is 59.8 cm³/mol. The van der Waals surface area contributed by atoms with E-state index in [-0.39, 0.29) is 5.91 Å². The highest BCUT2D eigenvalue weighted by Crippen LogP contribution is 2.04. The van der Waals surface area contributed by atoms with Crippen molar-refractivity contribution in [3.05, 3.63) is 0 Å². The molecule has 0 aromatic carbocycles. The van der Waals surface area contributed by atoms with E-state index in [9.17, 15) is 4.79 Å². The van der Waals surface area contributed by atoms with E-state index >= 15 is 0 Å². The Morgan fingerprint density at radius 3 is 2.07 bits per heavy atom. The van der Waals surface area contributed by atoms with Crippen molar-refractivity contribution in [2.45, 2.75) is 24.8 Å². The number of unbranched alkanes of at least 4 members (excludes halogenated alkanes) is 1. The zero-order valence-corrected chi connectivity index (χ0v) is 10.2. The molecule has 0 bridgehead atoms. The molecule has 0 fully saturated rings. The maximum absolute atomic E-state index is 11.4. The molecule has 6 heteroatoms. The Hall–Kier alpha value is -0.170. The SMILES string of the molecule is O=C(CCCCBr)NC(CO)(CO)CO. The normalized spacial score (nSPS) is 11.5. The predicted octanol–water partition coefficient (Wildman–Crippen LogP) is -0.617. The van der Waals surface area contributed by atoms with E-state index in [4.69, 9.17) is 15.3 Å². The van der Waals surface area contributed by atoms with Crippen molar-refractivity contribution in [2.24, 2.45) is 0 Å². The summed E-state index contributed by atoms with van der Waals surface area (Å²) < 4.78 is 0. The summed E-state index contributed by atoms with van der Waals surface area (Å²) in [5, 5.41) is 30.1. The number of hydrogen-bond donors (Lipinski definition) is 4.